The maximum atomic E-state index is 13.0. The van der Waals surface area contributed by atoms with Crippen LogP contribution in [0.2, 0.25) is 0 Å². The van der Waals surface area contributed by atoms with Crippen molar-refractivity contribution in [2.45, 2.75) is 38.0 Å². The third-order valence-electron chi connectivity index (χ3n) is 2.38. The summed E-state index contributed by atoms with van der Waals surface area (Å²) >= 11 is 4.81. The Kier molecular flexibility index (Phi) is 3.04. The van der Waals surface area contributed by atoms with Gasteiger partial charge in [-0.2, -0.15) is 8.78 Å². The Bertz CT molecular complexity index is 176. The van der Waals surface area contributed by atoms with E-state index in [9.17, 15) is 13.6 Å². The van der Waals surface area contributed by atoms with Crippen LogP contribution in [0.15, 0.2) is 0 Å². The van der Waals surface area contributed by atoms with E-state index in [1.54, 1.807) is 0 Å². The van der Waals surface area contributed by atoms with Gasteiger partial charge in [-0.15, -0.1) is 0 Å². The predicted octanol–water partition coefficient (Wildman–Crippen LogP) is 2.97. The van der Waals surface area contributed by atoms with Crippen molar-refractivity contribution in [2.75, 3.05) is 0 Å². The molecule has 0 unspecified atom stereocenters. The van der Waals surface area contributed by atoms with Gasteiger partial charge < -0.3 is 0 Å². The Labute approximate surface area is 75.1 Å². The van der Waals surface area contributed by atoms with E-state index in [1.165, 1.54) is 0 Å². The molecule has 0 spiro atoms. The van der Waals surface area contributed by atoms with Gasteiger partial charge in [0.2, 0.25) is 0 Å². The van der Waals surface area contributed by atoms with Crippen molar-refractivity contribution in [1.82, 2.24) is 0 Å². The molecule has 1 aliphatic carbocycles. The fourth-order valence-corrected chi connectivity index (χ4v) is 1.78. The Hall–Kier alpha value is -0.180. The summed E-state index contributed by atoms with van der Waals surface area (Å²) in [6, 6.07) is 0. The number of rotatable bonds is 2. The van der Waals surface area contributed by atoms with Crippen LogP contribution in [-0.2, 0) is 4.79 Å². The first kappa shape index (κ1) is 9.90. The van der Waals surface area contributed by atoms with Crippen molar-refractivity contribution in [3.63, 3.8) is 0 Å². The SMILES string of the molecule is O=C(Cl)C(F)(F)C1CCCCC1. The van der Waals surface area contributed by atoms with Crippen molar-refractivity contribution < 1.29 is 13.6 Å². The molecule has 1 saturated carbocycles. The number of alkyl halides is 2. The van der Waals surface area contributed by atoms with Crippen LogP contribution in [0.1, 0.15) is 32.1 Å². The zero-order valence-corrected chi connectivity index (χ0v) is 7.41. The van der Waals surface area contributed by atoms with Crippen LogP contribution in [0.3, 0.4) is 0 Å². The van der Waals surface area contributed by atoms with Gasteiger partial charge in [0.1, 0.15) is 0 Å². The molecule has 0 aliphatic heterocycles. The summed E-state index contributed by atoms with van der Waals surface area (Å²) < 4.78 is 25.9. The number of carbonyl (C=O) groups excluding carboxylic acids is 1. The van der Waals surface area contributed by atoms with Gasteiger partial charge in [-0.1, -0.05) is 19.3 Å². The lowest BCUT2D eigenvalue weighted by molar-refractivity contribution is -0.144. The second-order valence-corrected chi connectivity index (χ2v) is 3.57. The molecule has 0 atom stereocenters. The highest BCUT2D eigenvalue weighted by molar-refractivity contribution is 6.65. The van der Waals surface area contributed by atoms with Gasteiger partial charge in [-0.3, -0.25) is 4.79 Å². The Morgan fingerprint density at radius 1 is 1.25 bits per heavy atom. The third kappa shape index (κ3) is 1.94. The van der Waals surface area contributed by atoms with E-state index < -0.39 is 17.1 Å². The van der Waals surface area contributed by atoms with Gasteiger partial charge in [0, 0.05) is 5.92 Å². The van der Waals surface area contributed by atoms with E-state index >= 15 is 0 Å². The number of carbonyl (C=O) groups is 1. The Morgan fingerprint density at radius 3 is 2.17 bits per heavy atom. The normalized spacial score (nSPS) is 20.9. The van der Waals surface area contributed by atoms with E-state index in [1.807, 2.05) is 0 Å². The van der Waals surface area contributed by atoms with Gasteiger partial charge in [-0.25, -0.2) is 0 Å². The first-order valence-corrected chi connectivity index (χ1v) is 4.50. The van der Waals surface area contributed by atoms with Crippen LogP contribution in [0.25, 0.3) is 0 Å². The predicted molar refractivity (Wildman–Crippen MR) is 42.4 cm³/mol. The minimum absolute atomic E-state index is 0.422. The summed E-state index contributed by atoms with van der Waals surface area (Å²) in [7, 11) is 0. The lowest BCUT2D eigenvalue weighted by Gasteiger charge is -2.26. The molecule has 1 rings (SSSR count). The van der Waals surface area contributed by atoms with Crippen molar-refractivity contribution in [3.8, 4) is 0 Å². The summed E-state index contributed by atoms with van der Waals surface area (Å²) in [6.45, 7) is 0. The molecule has 0 aromatic heterocycles. The van der Waals surface area contributed by atoms with Crippen LogP contribution in [0.5, 0.6) is 0 Å². The minimum Gasteiger partial charge on any atom is -0.274 e. The van der Waals surface area contributed by atoms with E-state index in [0.29, 0.717) is 12.8 Å². The zero-order chi connectivity index (χ0) is 9.19. The Morgan fingerprint density at radius 2 is 1.75 bits per heavy atom. The molecular formula is C8H11ClF2O. The number of halogens is 3. The minimum atomic E-state index is -3.30. The zero-order valence-electron chi connectivity index (χ0n) is 6.66. The molecule has 1 aliphatic rings. The molecule has 12 heavy (non-hydrogen) atoms. The van der Waals surface area contributed by atoms with Gasteiger partial charge in [0.25, 0.3) is 5.24 Å². The summed E-state index contributed by atoms with van der Waals surface area (Å²) in [5, 5.41) is -1.51. The molecule has 0 heterocycles. The maximum Gasteiger partial charge on any atom is 0.322 e. The van der Waals surface area contributed by atoms with E-state index in [2.05, 4.69) is 0 Å². The number of hydrogen-bond acceptors (Lipinski definition) is 1. The highest BCUT2D eigenvalue weighted by Crippen LogP contribution is 2.37. The molecule has 70 valence electrons. The highest BCUT2D eigenvalue weighted by atomic mass is 35.5. The Balaban J connectivity index is 2.59. The lowest BCUT2D eigenvalue weighted by Crippen LogP contribution is -2.35. The molecule has 0 aromatic carbocycles. The second-order valence-electron chi connectivity index (χ2n) is 3.23. The summed E-state index contributed by atoms with van der Waals surface area (Å²) in [5.41, 5.74) is 0. The molecule has 1 fully saturated rings. The third-order valence-corrected chi connectivity index (χ3v) is 2.63. The summed E-state index contributed by atoms with van der Waals surface area (Å²) in [6.07, 6.45) is 3.40. The molecule has 0 saturated heterocycles. The molecule has 0 bridgehead atoms. The molecule has 1 nitrogen and oxygen atoms in total. The fourth-order valence-electron chi connectivity index (χ4n) is 1.63. The van der Waals surface area contributed by atoms with Crippen LogP contribution in [0, 0.1) is 5.92 Å². The number of hydrogen-bond donors (Lipinski definition) is 0. The molecular weight excluding hydrogens is 186 g/mol. The van der Waals surface area contributed by atoms with Gasteiger partial charge in [0.15, 0.2) is 0 Å². The quantitative estimate of drug-likeness (QED) is 0.621. The topological polar surface area (TPSA) is 17.1 Å². The van der Waals surface area contributed by atoms with Gasteiger partial charge in [0.05, 0.1) is 0 Å². The van der Waals surface area contributed by atoms with Gasteiger partial charge in [-0.05, 0) is 24.4 Å². The molecule has 0 aromatic rings. The molecule has 0 radical (unpaired) electrons. The lowest BCUT2D eigenvalue weighted by atomic mass is 9.85. The molecule has 0 amide bonds. The van der Waals surface area contributed by atoms with Crippen LogP contribution < -0.4 is 0 Å². The van der Waals surface area contributed by atoms with Crippen molar-refractivity contribution in [1.29, 1.82) is 0 Å². The van der Waals surface area contributed by atoms with Crippen molar-refractivity contribution in [2.24, 2.45) is 5.92 Å². The standard InChI is InChI=1S/C8H11ClF2O/c9-7(12)8(10,11)6-4-2-1-3-5-6/h6H,1-5H2. The smallest absolute Gasteiger partial charge is 0.274 e. The van der Waals surface area contributed by atoms with Gasteiger partial charge >= 0.3 is 5.92 Å². The van der Waals surface area contributed by atoms with E-state index in [-0.39, 0.29) is 0 Å². The molecule has 0 N–H and O–H groups in total. The summed E-state index contributed by atoms with van der Waals surface area (Å²) in [4.78, 5) is 10.4. The van der Waals surface area contributed by atoms with Crippen molar-refractivity contribution in [3.05, 3.63) is 0 Å². The van der Waals surface area contributed by atoms with Crippen LogP contribution in [-0.4, -0.2) is 11.2 Å². The monoisotopic (exact) mass is 196 g/mol. The average molecular weight is 197 g/mol. The van der Waals surface area contributed by atoms with E-state index in [0.717, 1.165) is 19.3 Å². The second kappa shape index (κ2) is 3.69. The molecule has 4 heteroatoms. The first-order chi connectivity index (χ1) is 5.55. The largest absolute Gasteiger partial charge is 0.322 e. The maximum absolute atomic E-state index is 13.0. The first-order valence-electron chi connectivity index (χ1n) is 4.13. The van der Waals surface area contributed by atoms with Crippen LogP contribution >= 0.6 is 11.6 Å². The van der Waals surface area contributed by atoms with Crippen LogP contribution in [0.4, 0.5) is 8.78 Å². The fraction of sp³-hybridized carbons (Fsp3) is 0.875. The van der Waals surface area contributed by atoms with E-state index in [4.69, 9.17) is 11.6 Å². The summed E-state index contributed by atoms with van der Waals surface area (Å²) in [5.74, 6) is -4.13. The average Bonchev–Trinajstić information content (AvgIpc) is 2.06. The van der Waals surface area contributed by atoms with Crippen molar-refractivity contribution >= 4 is 16.8 Å². The highest BCUT2D eigenvalue weighted by Gasteiger charge is 2.45.